The minimum atomic E-state index is -0.307. The lowest BCUT2D eigenvalue weighted by Crippen LogP contribution is -2.24. The van der Waals surface area contributed by atoms with Crippen LogP contribution in [-0.4, -0.2) is 11.5 Å². The predicted molar refractivity (Wildman–Crippen MR) is 80.5 cm³/mol. The Bertz CT molecular complexity index is 566. The van der Waals surface area contributed by atoms with Gasteiger partial charge in [-0.15, -0.1) is 0 Å². The highest BCUT2D eigenvalue weighted by molar-refractivity contribution is 6.30. The number of hydrogen-bond donors (Lipinski definition) is 1. The highest BCUT2D eigenvalue weighted by atomic mass is 35.5. The van der Waals surface area contributed by atoms with Gasteiger partial charge < -0.3 is 5.32 Å². The van der Waals surface area contributed by atoms with Gasteiger partial charge >= 0.3 is 0 Å². The van der Waals surface area contributed by atoms with E-state index >= 15 is 0 Å². The van der Waals surface area contributed by atoms with Crippen molar-refractivity contribution < 1.29 is 4.39 Å². The molecule has 1 unspecified atom stereocenters. The smallest absolute Gasteiger partial charge is 0.146 e. The van der Waals surface area contributed by atoms with E-state index in [1.54, 1.807) is 12.3 Å². The first kappa shape index (κ1) is 14.9. The Morgan fingerprint density at radius 2 is 2.15 bits per heavy atom. The zero-order valence-electron chi connectivity index (χ0n) is 11.7. The summed E-state index contributed by atoms with van der Waals surface area (Å²) in [5.74, 6) is -0.307. The molecular formula is C16H18ClFN2. The lowest BCUT2D eigenvalue weighted by Gasteiger charge is -2.20. The van der Waals surface area contributed by atoms with Crippen LogP contribution in [0.3, 0.4) is 0 Å². The second-order valence-electron chi connectivity index (χ2n) is 4.85. The van der Waals surface area contributed by atoms with Gasteiger partial charge in [-0.2, -0.15) is 0 Å². The first-order valence-corrected chi connectivity index (χ1v) is 7.09. The van der Waals surface area contributed by atoms with Crippen LogP contribution in [0.2, 0.25) is 5.02 Å². The van der Waals surface area contributed by atoms with Gasteiger partial charge in [-0.05, 0) is 49.2 Å². The van der Waals surface area contributed by atoms with Gasteiger partial charge in [0.25, 0.3) is 0 Å². The van der Waals surface area contributed by atoms with Crippen molar-refractivity contribution in [1.29, 1.82) is 0 Å². The fraction of sp³-hybridized carbons (Fsp3) is 0.312. The largest absolute Gasteiger partial charge is 0.306 e. The van der Waals surface area contributed by atoms with Gasteiger partial charge in [0.05, 0.1) is 12.2 Å². The normalized spacial score (nSPS) is 12.4. The number of nitrogens with one attached hydrogen (secondary N) is 1. The molecule has 0 saturated carbocycles. The van der Waals surface area contributed by atoms with E-state index in [1.165, 1.54) is 6.20 Å². The van der Waals surface area contributed by atoms with Crippen LogP contribution >= 0.6 is 11.6 Å². The molecular weight excluding hydrogens is 275 g/mol. The van der Waals surface area contributed by atoms with E-state index in [1.807, 2.05) is 25.1 Å². The number of aromatic nitrogens is 1. The molecule has 2 aromatic rings. The van der Waals surface area contributed by atoms with E-state index in [4.69, 9.17) is 11.6 Å². The quantitative estimate of drug-likeness (QED) is 0.890. The van der Waals surface area contributed by atoms with Crippen LogP contribution in [0, 0.1) is 12.7 Å². The molecule has 1 aromatic carbocycles. The van der Waals surface area contributed by atoms with Crippen LogP contribution in [0.5, 0.6) is 0 Å². The van der Waals surface area contributed by atoms with Crippen LogP contribution in [0.4, 0.5) is 4.39 Å². The van der Waals surface area contributed by atoms with Gasteiger partial charge in [-0.1, -0.05) is 24.6 Å². The summed E-state index contributed by atoms with van der Waals surface area (Å²) in [6.07, 6.45) is 3.83. The van der Waals surface area contributed by atoms with Crippen molar-refractivity contribution in [3.05, 3.63) is 64.2 Å². The summed E-state index contributed by atoms with van der Waals surface area (Å²) in [5.41, 5.74) is 2.62. The molecule has 20 heavy (non-hydrogen) atoms. The van der Waals surface area contributed by atoms with Gasteiger partial charge in [0, 0.05) is 16.8 Å². The fourth-order valence-electron chi connectivity index (χ4n) is 2.25. The molecule has 0 aliphatic heterocycles. The van der Waals surface area contributed by atoms with Gasteiger partial charge in [0.15, 0.2) is 0 Å². The molecule has 1 heterocycles. The molecule has 2 rings (SSSR count). The molecule has 0 saturated heterocycles. The summed E-state index contributed by atoms with van der Waals surface area (Å²) in [4.78, 5) is 3.81. The van der Waals surface area contributed by atoms with Crippen LogP contribution in [0.15, 0.2) is 36.7 Å². The average Bonchev–Trinajstić information content (AvgIpc) is 2.40. The third-order valence-electron chi connectivity index (χ3n) is 3.11. The monoisotopic (exact) mass is 292 g/mol. The first-order chi connectivity index (χ1) is 9.61. The van der Waals surface area contributed by atoms with Crippen molar-refractivity contribution in [2.24, 2.45) is 0 Å². The van der Waals surface area contributed by atoms with Crippen molar-refractivity contribution in [2.75, 3.05) is 6.54 Å². The number of rotatable bonds is 5. The summed E-state index contributed by atoms with van der Waals surface area (Å²) in [7, 11) is 0. The second kappa shape index (κ2) is 6.82. The fourth-order valence-corrected chi connectivity index (χ4v) is 2.55. The number of aryl methyl sites for hydroxylation is 1. The van der Waals surface area contributed by atoms with E-state index in [2.05, 4.69) is 17.2 Å². The van der Waals surface area contributed by atoms with Crippen LogP contribution in [0.1, 0.15) is 36.1 Å². The Labute approximate surface area is 124 Å². The van der Waals surface area contributed by atoms with Gasteiger partial charge in [-0.3, -0.25) is 4.98 Å². The summed E-state index contributed by atoms with van der Waals surface area (Å²) in [6, 6.07) is 7.29. The average molecular weight is 293 g/mol. The Morgan fingerprint density at radius 3 is 2.80 bits per heavy atom. The van der Waals surface area contributed by atoms with Crippen molar-refractivity contribution in [3.8, 4) is 0 Å². The summed E-state index contributed by atoms with van der Waals surface area (Å²) < 4.78 is 14.0. The zero-order valence-corrected chi connectivity index (χ0v) is 12.4. The maximum Gasteiger partial charge on any atom is 0.146 e. The molecule has 4 heteroatoms. The maximum atomic E-state index is 14.0. The molecule has 1 aromatic heterocycles. The molecule has 106 valence electrons. The topological polar surface area (TPSA) is 24.9 Å². The van der Waals surface area contributed by atoms with Crippen molar-refractivity contribution in [3.63, 3.8) is 0 Å². The van der Waals surface area contributed by atoms with Crippen molar-refractivity contribution in [1.82, 2.24) is 10.3 Å². The van der Waals surface area contributed by atoms with E-state index in [0.29, 0.717) is 10.6 Å². The highest BCUT2D eigenvalue weighted by Crippen LogP contribution is 2.27. The third kappa shape index (κ3) is 3.56. The third-order valence-corrected chi connectivity index (χ3v) is 3.33. The number of hydrogen-bond acceptors (Lipinski definition) is 2. The first-order valence-electron chi connectivity index (χ1n) is 6.71. The molecule has 1 N–H and O–H groups in total. The number of pyridine rings is 1. The SMILES string of the molecule is CCCNC(c1cc(C)cc(Cl)c1)c1ccncc1F. The van der Waals surface area contributed by atoms with Crippen LogP contribution in [-0.2, 0) is 0 Å². The van der Waals surface area contributed by atoms with E-state index in [-0.39, 0.29) is 11.9 Å². The Kier molecular flexibility index (Phi) is 5.10. The van der Waals surface area contributed by atoms with E-state index in [0.717, 1.165) is 24.1 Å². The lowest BCUT2D eigenvalue weighted by molar-refractivity contribution is 0.543. The maximum absolute atomic E-state index is 14.0. The molecule has 0 radical (unpaired) electrons. The summed E-state index contributed by atoms with van der Waals surface area (Å²) in [6.45, 7) is 4.86. The number of nitrogens with zero attached hydrogens (tertiary/aromatic N) is 1. The second-order valence-corrected chi connectivity index (χ2v) is 5.28. The molecule has 2 nitrogen and oxygen atoms in total. The molecule has 0 spiro atoms. The summed E-state index contributed by atoms with van der Waals surface area (Å²) >= 11 is 6.12. The minimum absolute atomic E-state index is 0.213. The van der Waals surface area contributed by atoms with E-state index in [9.17, 15) is 4.39 Å². The van der Waals surface area contributed by atoms with Crippen LogP contribution < -0.4 is 5.32 Å². The Balaban J connectivity index is 2.44. The Hall–Kier alpha value is -1.45. The molecule has 0 bridgehead atoms. The molecule has 0 aliphatic carbocycles. The standard InChI is InChI=1S/C16H18ClFN2/c1-3-5-20-16(14-4-6-19-10-15(14)18)12-7-11(2)8-13(17)9-12/h4,6-10,16,20H,3,5H2,1-2H3. The lowest BCUT2D eigenvalue weighted by atomic mass is 9.97. The van der Waals surface area contributed by atoms with Crippen molar-refractivity contribution in [2.45, 2.75) is 26.3 Å². The highest BCUT2D eigenvalue weighted by Gasteiger charge is 2.17. The predicted octanol–water partition coefficient (Wildman–Crippen LogP) is 4.27. The number of benzene rings is 1. The zero-order chi connectivity index (χ0) is 14.5. The minimum Gasteiger partial charge on any atom is -0.306 e. The molecule has 0 aliphatic rings. The Morgan fingerprint density at radius 1 is 1.35 bits per heavy atom. The molecule has 1 atom stereocenters. The van der Waals surface area contributed by atoms with Crippen molar-refractivity contribution >= 4 is 11.6 Å². The molecule has 0 fully saturated rings. The summed E-state index contributed by atoms with van der Waals surface area (Å²) in [5, 5.41) is 4.04. The van der Waals surface area contributed by atoms with Gasteiger partial charge in [0.1, 0.15) is 5.82 Å². The van der Waals surface area contributed by atoms with E-state index < -0.39 is 0 Å². The number of halogens is 2. The van der Waals surface area contributed by atoms with Crippen LogP contribution in [0.25, 0.3) is 0 Å². The molecule has 0 amide bonds. The van der Waals surface area contributed by atoms with Gasteiger partial charge in [0.2, 0.25) is 0 Å². The van der Waals surface area contributed by atoms with Gasteiger partial charge in [-0.25, -0.2) is 4.39 Å².